The van der Waals surface area contributed by atoms with Gasteiger partial charge in [-0.05, 0) is 33.1 Å². The van der Waals surface area contributed by atoms with E-state index in [2.05, 4.69) is 27.5 Å². The van der Waals surface area contributed by atoms with Crippen molar-refractivity contribution in [2.75, 3.05) is 23.3 Å². The van der Waals surface area contributed by atoms with Crippen LogP contribution >= 0.6 is 0 Å². The Balaban J connectivity index is 2.01. The summed E-state index contributed by atoms with van der Waals surface area (Å²) >= 11 is 0. The minimum atomic E-state index is -0.794. The van der Waals surface area contributed by atoms with E-state index in [-0.39, 0.29) is 41.2 Å². The number of carbonyl (C=O) groups excluding carboxylic acids is 2. The number of hydrogen-bond donors (Lipinski definition) is 3. The number of carbonyl (C=O) groups is 2. The first-order valence-corrected chi connectivity index (χ1v) is 8.49. The second-order valence-electron chi connectivity index (χ2n) is 6.39. The molecule has 1 aromatic rings. The Morgan fingerprint density at radius 2 is 2.17 bits per heavy atom. The van der Waals surface area contributed by atoms with E-state index in [0.29, 0.717) is 12.5 Å². The molecule has 2 aliphatic rings. The third kappa shape index (κ3) is 3.00. The quantitative estimate of drug-likeness (QED) is 0.755. The number of likely N-dealkylation sites (N-methyl/N-ethyl adjacent to an activating group) is 1. The van der Waals surface area contributed by atoms with Crippen LogP contribution < -0.4 is 21.1 Å². The lowest BCUT2D eigenvalue weighted by Gasteiger charge is -2.34. The van der Waals surface area contributed by atoms with Crippen molar-refractivity contribution in [3.05, 3.63) is 15.9 Å². The zero-order valence-corrected chi connectivity index (χ0v) is 14.0. The molecule has 0 bridgehead atoms. The number of nitrogens with zero attached hydrogens (tertiary/aromatic N) is 2. The van der Waals surface area contributed by atoms with E-state index in [1.807, 2.05) is 4.90 Å². The molecular formula is C16H23N5O3. The highest BCUT2D eigenvalue weighted by Crippen LogP contribution is 2.30. The molecule has 130 valence electrons. The number of anilines is 2. The van der Waals surface area contributed by atoms with Gasteiger partial charge in [-0.1, -0.05) is 0 Å². The van der Waals surface area contributed by atoms with Gasteiger partial charge in [-0.25, -0.2) is 0 Å². The summed E-state index contributed by atoms with van der Waals surface area (Å²) in [6.07, 6.45) is 3.19. The van der Waals surface area contributed by atoms with Gasteiger partial charge in [-0.2, -0.15) is 4.98 Å². The molecule has 2 amide bonds. The molecule has 2 atom stereocenters. The van der Waals surface area contributed by atoms with Crippen molar-refractivity contribution in [3.63, 3.8) is 0 Å². The van der Waals surface area contributed by atoms with Crippen LogP contribution in [0, 0.1) is 0 Å². The Labute approximate surface area is 140 Å². The van der Waals surface area contributed by atoms with E-state index in [1.165, 1.54) is 0 Å². The molecule has 3 N–H and O–H groups in total. The van der Waals surface area contributed by atoms with Crippen LogP contribution in [0.2, 0.25) is 0 Å². The average Bonchev–Trinajstić information content (AvgIpc) is 2.54. The SMILES string of the molecule is CCNC(=O)[C@@H]1CC(=O)Nc2nc(N3CCCC[C@@H]3C)[nH]c(=O)c21. The lowest BCUT2D eigenvalue weighted by atomic mass is 9.92. The summed E-state index contributed by atoms with van der Waals surface area (Å²) in [6.45, 7) is 5.15. The number of piperidine rings is 1. The lowest BCUT2D eigenvalue weighted by Crippen LogP contribution is -2.42. The van der Waals surface area contributed by atoms with E-state index in [9.17, 15) is 14.4 Å². The molecule has 8 nitrogen and oxygen atoms in total. The highest BCUT2D eigenvalue weighted by molar-refractivity contribution is 6.00. The van der Waals surface area contributed by atoms with Crippen LogP contribution in [0.5, 0.6) is 0 Å². The molecule has 1 aromatic heterocycles. The van der Waals surface area contributed by atoms with Gasteiger partial charge < -0.3 is 15.5 Å². The molecule has 0 spiro atoms. The summed E-state index contributed by atoms with van der Waals surface area (Å²) in [5.41, 5.74) is -0.113. The standard InChI is InChI=1S/C16H23N5O3/c1-3-17-14(23)10-8-11(22)18-13-12(10)15(24)20-16(19-13)21-7-5-4-6-9(21)2/h9-10H,3-8H2,1-2H3,(H,17,23)(H2,18,19,20,22,24)/t9-,10+/m0/s1. The Hall–Kier alpha value is -2.38. The Bertz CT molecular complexity index is 714. The number of rotatable bonds is 3. The largest absolute Gasteiger partial charge is 0.356 e. The molecule has 2 aliphatic heterocycles. The lowest BCUT2D eigenvalue weighted by molar-refractivity contribution is -0.126. The zero-order valence-electron chi connectivity index (χ0n) is 14.0. The predicted molar refractivity (Wildman–Crippen MR) is 90.2 cm³/mol. The summed E-state index contributed by atoms with van der Waals surface area (Å²) in [5.74, 6) is -0.742. The number of H-pyrrole nitrogens is 1. The summed E-state index contributed by atoms with van der Waals surface area (Å²) < 4.78 is 0. The fourth-order valence-electron chi connectivity index (χ4n) is 3.43. The highest BCUT2D eigenvalue weighted by Gasteiger charge is 2.35. The molecule has 0 aliphatic carbocycles. The number of nitrogens with one attached hydrogen (secondary N) is 3. The maximum Gasteiger partial charge on any atom is 0.258 e. The Kier molecular flexibility index (Phi) is 4.55. The molecule has 1 saturated heterocycles. The first-order chi connectivity index (χ1) is 11.5. The van der Waals surface area contributed by atoms with E-state index in [4.69, 9.17) is 0 Å². The predicted octanol–water partition coefficient (Wildman–Crippen LogP) is 0.711. The number of aromatic amines is 1. The van der Waals surface area contributed by atoms with Gasteiger partial charge in [0.25, 0.3) is 5.56 Å². The normalized spacial score (nSPS) is 23.4. The van der Waals surface area contributed by atoms with Crippen LogP contribution in [0.25, 0.3) is 0 Å². The third-order valence-electron chi connectivity index (χ3n) is 4.68. The molecule has 1 fully saturated rings. The summed E-state index contributed by atoms with van der Waals surface area (Å²) in [7, 11) is 0. The van der Waals surface area contributed by atoms with E-state index in [0.717, 1.165) is 25.8 Å². The number of amides is 2. The molecule has 0 aromatic carbocycles. The molecule has 0 unspecified atom stereocenters. The molecule has 8 heteroatoms. The van der Waals surface area contributed by atoms with Gasteiger partial charge in [-0.15, -0.1) is 0 Å². The van der Waals surface area contributed by atoms with Crippen LogP contribution in [-0.4, -0.2) is 40.9 Å². The second-order valence-corrected chi connectivity index (χ2v) is 6.39. The number of fused-ring (bicyclic) bond motifs is 1. The minimum Gasteiger partial charge on any atom is -0.356 e. The van der Waals surface area contributed by atoms with Gasteiger partial charge in [0.2, 0.25) is 17.8 Å². The third-order valence-corrected chi connectivity index (χ3v) is 4.68. The summed E-state index contributed by atoms with van der Waals surface area (Å²) in [6, 6.07) is 0.276. The van der Waals surface area contributed by atoms with Gasteiger partial charge in [0.05, 0.1) is 11.5 Å². The van der Waals surface area contributed by atoms with Crippen LogP contribution in [0.15, 0.2) is 4.79 Å². The smallest absolute Gasteiger partial charge is 0.258 e. The molecule has 0 radical (unpaired) electrons. The van der Waals surface area contributed by atoms with Gasteiger partial charge in [-0.3, -0.25) is 19.4 Å². The maximum absolute atomic E-state index is 12.6. The van der Waals surface area contributed by atoms with Crippen LogP contribution in [0.3, 0.4) is 0 Å². The van der Waals surface area contributed by atoms with Crippen LogP contribution in [-0.2, 0) is 9.59 Å². The second kappa shape index (κ2) is 6.62. The van der Waals surface area contributed by atoms with Crippen molar-refractivity contribution in [1.29, 1.82) is 0 Å². The summed E-state index contributed by atoms with van der Waals surface area (Å²) in [4.78, 5) is 46.1. The maximum atomic E-state index is 12.6. The Morgan fingerprint density at radius 1 is 1.38 bits per heavy atom. The monoisotopic (exact) mass is 333 g/mol. The summed E-state index contributed by atoms with van der Waals surface area (Å²) in [5, 5.41) is 5.32. The fourth-order valence-corrected chi connectivity index (χ4v) is 3.43. The zero-order chi connectivity index (χ0) is 17.3. The topological polar surface area (TPSA) is 107 Å². The number of aromatic nitrogens is 2. The van der Waals surface area contributed by atoms with E-state index in [1.54, 1.807) is 6.92 Å². The Morgan fingerprint density at radius 3 is 2.88 bits per heavy atom. The number of hydrogen-bond acceptors (Lipinski definition) is 5. The first-order valence-electron chi connectivity index (χ1n) is 8.49. The molecule has 3 rings (SSSR count). The van der Waals surface area contributed by atoms with Crippen molar-refractivity contribution >= 4 is 23.6 Å². The van der Waals surface area contributed by atoms with Crippen molar-refractivity contribution in [2.24, 2.45) is 0 Å². The molecule has 0 saturated carbocycles. The van der Waals surface area contributed by atoms with Gasteiger partial charge in [0.1, 0.15) is 5.82 Å². The van der Waals surface area contributed by atoms with Crippen molar-refractivity contribution in [2.45, 2.75) is 51.5 Å². The molecule has 24 heavy (non-hydrogen) atoms. The van der Waals surface area contributed by atoms with E-state index < -0.39 is 5.92 Å². The average molecular weight is 333 g/mol. The van der Waals surface area contributed by atoms with Gasteiger partial charge >= 0.3 is 0 Å². The van der Waals surface area contributed by atoms with Gasteiger partial charge in [0.15, 0.2) is 0 Å². The van der Waals surface area contributed by atoms with Crippen molar-refractivity contribution in [1.82, 2.24) is 15.3 Å². The van der Waals surface area contributed by atoms with Crippen molar-refractivity contribution < 1.29 is 9.59 Å². The van der Waals surface area contributed by atoms with Gasteiger partial charge in [0, 0.05) is 25.6 Å². The van der Waals surface area contributed by atoms with Crippen LogP contribution in [0.1, 0.15) is 51.0 Å². The van der Waals surface area contributed by atoms with E-state index >= 15 is 0 Å². The molecule has 3 heterocycles. The fraction of sp³-hybridized carbons (Fsp3) is 0.625. The van der Waals surface area contributed by atoms with Crippen molar-refractivity contribution in [3.8, 4) is 0 Å². The first kappa shape index (κ1) is 16.5. The highest BCUT2D eigenvalue weighted by atomic mass is 16.2. The minimum absolute atomic E-state index is 0.0386. The molecular weight excluding hydrogens is 310 g/mol. The van der Waals surface area contributed by atoms with Crippen LogP contribution in [0.4, 0.5) is 11.8 Å².